The number of carbonyl (C=O) groups excluding carboxylic acids is 1. The van der Waals surface area contributed by atoms with E-state index in [-0.39, 0.29) is 18.3 Å². The molecule has 0 spiro atoms. The Hall–Kier alpha value is -2.60. The third kappa shape index (κ3) is 6.08. The van der Waals surface area contributed by atoms with Gasteiger partial charge in [0.15, 0.2) is 0 Å². The van der Waals surface area contributed by atoms with Crippen LogP contribution in [0.15, 0.2) is 48.7 Å². The number of carbonyl (C=O) groups is 1. The number of hydrogen-bond acceptors (Lipinski definition) is 4. The van der Waals surface area contributed by atoms with E-state index in [1.807, 2.05) is 25.1 Å². The summed E-state index contributed by atoms with van der Waals surface area (Å²) in [6.07, 6.45) is 2.52. The van der Waals surface area contributed by atoms with E-state index >= 15 is 0 Å². The summed E-state index contributed by atoms with van der Waals surface area (Å²) >= 11 is 0. The number of benzene rings is 1. The maximum atomic E-state index is 12.3. The van der Waals surface area contributed by atoms with E-state index in [9.17, 15) is 15.0 Å². The third-order valence-corrected chi connectivity index (χ3v) is 3.93. The van der Waals surface area contributed by atoms with Crippen LogP contribution in [-0.2, 0) is 6.42 Å². The average molecular weight is 343 g/mol. The normalized spacial score (nSPS) is 11.8. The minimum Gasteiger partial charge on any atom is -0.508 e. The number of aromatic hydroxyl groups is 1. The summed E-state index contributed by atoms with van der Waals surface area (Å²) < 4.78 is 0. The Morgan fingerprint density at radius 1 is 1.28 bits per heavy atom. The van der Waals surface area contributed by atoms with Gasteiger partial charge in [0.25, 0.3) is 0 Å². The molecule has 0 saturated heterocycles. The van der Waals surface area contributed by atoms with E-state index in [0.29, 0.717) is 18.7 Å². The molecule has 2 rings (SSSR count). The van der Waals surface area contributed by atoms with Crippen molar-refractivity contribution in [3.8, 4) is 5.75 Å². The van der Waals surface area contributed by atoms with Crippen molar-refractivity contribution in [2.24, 2.45) is 0 Å². The van der Waals surface area contributed by atoms with Gasteiger partial charge in [0.05, 0.1) is 12.6 Å². The molecule has 1 aromatic heterocycles. The van der Waals surface area contributed by atoms with Crippen molar-refractivity contribution in [2.75, 3.05) is 19.6 Å². The predicted octanol–water partition coefficient (Wildman–Crippen LogP) is 2.48. The summed E-state index contributed by atoms with van der Waals surface area (Å²) in [7, 11) is 0. The highest BCUT2D eigenvalue weighted by molar-refractivity contribution is 5.74. The van der Waals surface area contributed by atoms with Crippen molar-refractivity contribution in [1.29, 1.82) is 0 Å². The number of nitrogens with zero attached hydrogens (tertiary/aromatic N) is 2. The summed E-state index contributed by atoms with van der Waals surface area (Å²) in [5.74, 6) is 0.0959. The molecule has 0 fully saturated rings. The largest absolute Gasteiger partial charge is 0.508 e. The van der Waals surface area contributed by atoms with Gasteiger partial charge < -0.3 is 20.4 Å². The quantitative estimate of drug-likeness (QED) is 0.643. The van der Waals surface area contributed by atoms with Gasteiger partial charge in [-0.1, -0.05) is 18.2 Å². The molecular weight excluding hydrogens is 318 g/mol. The molecule has 6 heteroatoms. The number of aromatic nitrogens is 1. The van der Waals surface area contributed by atoms with Crippen LogP contribution < -0.4 is 5.32 Å². The van der Waals surface area contributed by atoms with Gasteiger partial charge in [0.2, 0.25) is 0 Å². The van der Waals surface area contributed by atoms with E-state index in [1.165, 1.54) is 6.07 Å². The number of likely N-dealkylation sites (N-methyl/N-ethyl adjacent to an activating group) is 1. The number of urea groups is 1. The Bertz CT molecular complexity index is 664. The number of rotatable bonds is 8. The van der Waals surface area contributed by atoms with Crippen LogP contribution in [0.25, 0.3) is 0 Å². The van der Waals surface area contributed by atoms with Gasteiger partial charge >= 0.3 is 6.03 Å². The first-order valence-electron chi connectivity index (χ1n) is 8.49. The lowest BCUT2D eigenvalue weighted by Crippen LogP contribution is -2.42. The molecule has 1 heterocycles. The van der Waals surface area contributed by atoms with Crippen LogP contribution in [0.3, 0.4) is 0 Å². The van der Waals surface area contributed by atoms with Crippen LogP contribution in [-0.4, -0.2) is 45.8 Å². The van der Waals surface area contributed by atoms with E-state index < -0.39 is 6.10 Å². The summed E-state index contributed by atoms with van der Waals surface area (Å²) in [5.41, 5.74) is 1.59. The van der Waals surface area contributed by atoms with Crippen LogP contribution in [0.2, 0.25) is 0 Å². The van der Waals surface area contributed by atoms with Gasteiger partial charge in [0, 0.05) is 25.0 Å². The van der Waals surface area contributed by atoms with Crippen molar-refractivity contribution in [3.63, 3.8) is 0 Å². The molecule has 0 aliphatic rings. The van der Waals surface area contributed by atoms with E-state index in [2.05, 4.69) is 10.3 Å². The highest BCUT2D eigenvalue weighted by atomic mass is 16.3. The fourth-order valence-corrected chi connectivity index (χ4v) is 2.52. The molecule has 0 aliphatic heterocycles. The summed E-state index contributed by atoms with van der Waals surface area (Å²) in [4.78, 5) is 18.1. The van der Waals surface area contributed by atoms with Gasteiger partial charge in [-0.3, -0.25) is 4.98 Å². The summed E-state index contributed by atoms with van der Waals surface area (Å²) in [6.45, 7) is 3.07. The molecule has 0 bridgehead atoms. The van der Waals surface area contributed by atoms with Gasteiger partial charge in [-0.05, 0) is 49.6 Å². The van der Waals surface area contributed by atoms with Gasteiger partial charge in [-0.2, -0.15) is 0 Å². The zero-order valence-electron chi connectivity index (χ0n) is 14.4. The molecule has 134 valence electrons. The monoisotopic (exact) mass is 343 g/mol. The first-order chi connectivity index (χ1) is 12.1. The summed E-state index contributed by atoms with van der Waals surface area (Å²) in [6, 6.07) is 12.0. The van der Waals surface area contributed by atoms with Crippen molar-refractivity contribution < 1.29 is 15.0 Å². The van der Waals surface area contributed by atoms with E-state index in [4.69, 9.17) is 0 Å². The van der Waals surface area contributed by atoms with Crippen LogP contribution in [0.5, 0.6) is 5.75 Å². The number of nitrogens with one attached hydrogen (secondary N) is 1. The highest BCUT2D eigenvalue weighted by Gasteiger charge is 2.17. The maximum Gasteiger partial charge on any atom is 0.317 e. The SMILES string of the molecule is CCN(C[C@@H](O)c1cccc(O)c1)C(=O)NCCCc1ccccn1. The molecular formula is C19H25N3O3. The number of phenols is 1. The lowest BCUT2D eigenvalue weighted by atomic mass is 10.1. The summed E-state index contributed by atoms with van der Waals surface area (Å²) in [5, 5.41) is 22.6. The van der Waals surface area contributed by atoms with Gasteiger partial charge in [0.1, 0.15) is 5.75 Å². The van der Waals surface area contributed by atoms with Crippen molar-refractivity contribution in [1.82, 2.24) is 15.2 Å². The number of amides is 2. The Kier molecular flexibility index (Phi) is 7.22. The molecule has 0 radical (unpaired) electrons. The Labute approximate surface area is 148 Å². The predicted molar refractivity (Wildman–Crippen MR) is 96.3 cm³/mol. The van der Waals surface area contributed by atoms with Crippen LogP contribution >= 0.6 is 0 Å². The maximum absolute atomic E-state index is 12.3. The number of aliphatic hydroxyl groups is 1. The highest BCUT2D eigenvalue weighted by Crippen LogP contribution is 2.19. The minimum atomic E-state index is -0.841. The van der Waals surface area contributed by atoms with Gasteiger partial charge in [-0.25, -0.2) is 4.79 Å². The minimum absolute atomic E-state index is 0.0959. The fraction of sp³-hybridized carbons (Fsp3) is 0.368. The number of phenolic OH excluding ortho intramolecular Hbond substituents is 1. The Morgan fingerprint density at radius 2 is 2.12 bits per heavy atom. The Balaban J connectivity index is 1.78. The van der Waals surface area contributed by atoms with E-state index in [1.54, 1.807) is 29.3 Å². The molecule has 0 unspecified atom stereocenters. The van der Waals surface area contributed by atoms with E-state index in [0.717, 1.165) is 18.5 Å². The Morgan fingerprint density at radius 3 is 2.80 bits per heavy atom. The molecule has 2 amide bonds. The molecule has 0 saturated carbocycles. The topological polar surface area (TPSA) is 85.7 Å². The van der Waals surface area contributed by atoms with Crippen LogP contribution in [0.1, 0.15) is 30.7 Å². The molecule has 0 aliphatic carbocycles. The second-order valence-corrected chi connectivity index (χ2v) is 5.81. The van der Waals surface area contributed by atoms with Crippen molar-refractivity contribution >= 4 is 6.03 Å². The first kappa shape index (κ1) is 18.7. The average Bonchev–Trinajstić information content (AvgIpc) is 2.63. The number of aliphatic hydroxyl groups excluding tert-OH is 1. The molecule has 25 heavy (non-hydrogen) atoms. The van der Waals surface area contributed by atoms with Gasteiger partial charge in [-0.15, -0.1) is 0 Å². The first-order valence-corrected chi connectivity index (χ1v) is 8.49. The second-order valence-electron chi connectivity index (χ2n) is 5.81. The fourth-order valence-electron chi connectivity index (χ4n) is 2.52. The third-order valence-electron chi connectivity index (χ3n) is 3.93. The van der Waals surface area contributed by atoms with Crippen molar-refractivity contribution in [2.45, 2.75) is 25.9 Å². The smallest absolute Gasteiger partial charge is 0.317 e. The van der Waals surface area contributed by atoms with Crippen LogP contribution in [0.4, 0.5) is 4.79 Å². The number of hydrogen-bond donors (Lipinski definition) is 3. The lowest BCUT2D eigenvalue weighted by Gasteiger charge is -2.24. The molecule has 1 atom stereocenters. The molecule has 1 aromatic carbocycles. The number of aryl methyl sites for hydroxylation is 1. The molecule has 3 N–H and O–H groups in total. The number of pyridine rings is 1. The standard InChI is InChI=1S/C19H25N3O3/c1-2-22(14-18(24)15-7-5-10-17(23)13-15)19(25)21-12-6-9-16-8-3-4-11-20-16/h3-5,7-8,10-11,13,18,23-24H,2,6,9,12,14H2,1H3,(H,21,25)/t18-/m1/s1. The lowest BCUT2D eigenvalue weighted by molar-refractivity contribution is 0.123. The van der Waals surface area contributed by atoms with Crippen LogP contribution in [0, 0.1) is 0 Å². The molecule has 6 nitrogen and oxygen atoms in total. The second kappa shape index (κ2) is 9.64. The zero-order valence-corrected chi connectivity index (χ0v) is 14.4. The molecule has 2 aromatic rings. The van der Waals surface area contributed by atoms with Crippen molar-refractivity contribution in [3.05, 3.63) is 59.9 Å². The zero-order chi connectivity index (χ0) is 18.1.